The van der Waals surface area contributed by atoms with Gasteiger partial charge in [0.1, 0.15) is 0 Å². The molecule has 1 aliphatic carbocycles. The monoisotopic (exact) mass is 311 g/mol. The summed E-state index contributed by atoms with van der Waals surface area (Å²) in [5.74, 6) is 0.624. The minimum atomic E-state index is -0.684. The molecule has 0 aliphatic heterocycles. The van der Waals surface area contributed by atoms with Crippen LogP contribution >= 0.6 is 11.6 Å². The standard InChI is InChI=1S/C16H26ClN3O/c1-4-12-15(17)13(20(5-2)19-12)9-14(21)16(18)8-6-7-11(3)10-16/h11H,4-10,18H2,1-3H3. The Morgan fingerprint density at radius 2 is 2.24 bits per heavy atom. The number of aryl methyl sites for hydroxylation is 2. The molecule has 118 valence electrons. The van der Waals surface area contributed by atoms with Gasteiger partial charge in [0.05, 0.1) is 28.4 Å². The van der Waals surface area contributed by atoms with Crippen LogP contribution in [0.15, 0.2) is 0 Å². The first-order valence-electron chi connectivity index (χ1n) is 7.97. The lowest BCUT2D eigenvalue weighted by molar-refractivity contribution is -0.125. The van der Waals surface area contributed by atoms with Crippen molar-refractivity contribution in [2.75, 3.05) is 0 Å². The van der Waals surface area contributed by atoms with Gasteiger partial charge in [0.2, 0.25) is 0 Å². The second kappa shape index (κ2) is 6.49. The fourth-order valence-corrected chi connectivity index (χ4v) is 3.70. The zero-order valence-electron chi connectivity index (χ0n) is 13.3. The highest BCUT2D eigenvalue weighted by molar-refractivity contribution is 6.32. The number of carbonyl (C=O) groups is 1. The molecular formula is C16H26ClN3O. The maximum Gasteiger partial charge on any atom is 0.158 e. The molecule has 0 bridgehead atoms. The summed E-state index contributed by atoms with van der Waals surface area (Å²) in [5.41, 5.74) is 7.40. The van der Waals surface area contributed by atoms with Crippen LogP contribution < -0.4 is 5.73 Å². The van der Waals surface area contributed by atoms with E-state index < -0.39 is 5.54 Å². The number of nitrogens with zero attached hydrogens (tertiary/aromatic N) is 2. The predicted octanol–water partition coefficient (Wildman–Crippen LogP) is 3.14. The normalized spacial score (nSPS) is 26.0. The fourth-order valence-electron chi connectivity index (χ4n) is 3.36. The SMILES string of the molecule is CCc1nn(CC)c(CC(=O)C2(N)CCCC(C)C2)c1Cl. The molecule has 5 heteroatoms. The third kappa shape index (κ3) is 3.32. The van der Waals surface area contributed by atoms with Gasteiger partial charge in [-0.1, -0.05) is 38.3 Å². The number of rotatable bonds is 5. The average molecular weight is 312 g/mol. The Kier molecular flexibility index (Phi) is 5.10. The van der Waals surface area contributed by atoms with Crippen LogP contribution in [0.25, 0.3) is 0 Å². The van der Waals surface area contributed by atoms with Crippen LogP contribution in [0.1, 0.15) is 57.8 Å². The summed E-state index contributed by atoms with van der Waals surface area (Å²) >= 11 is 6.39. The van der Waals surface area contributed by atoms with Crippen LogP contribution in [0.2, 0.25) is 5.02 Å². The van der Waals surface area contributed by atoms with Gasteiger partial charge >= 0.3 is 0 Å². The van der Waals surface area contributed by atoms with Gasteiger partial charge in [-0.15, -0.1) is 0 Å². The molecule has 2 atom stereocenters. The summed E-state index contributed by atoms with van der Waals surface area (Å²) in [4.78, 5) is 12.7. The van der Waals surface area contributed by atoms with Crippen molar-refractivity contribution in [3.63, 3.8) is 0 Å². The van der Waals surface area contributed by atoms with Crippen LogP contribution in [0.4, 0.5) is 0 Å². The number of hydrogen-bond acceptors (Lipinski definition) is 3. The molecule has 2 rings (SSSR count). The van der Waals surface area contributed by atoms with Crippen molar-refractivity contribution in [1.82, 2.24) is 9.78 Å². The first kappa shape index (κ1) is 16.5. The van der Waals surface area contributed by atoms with Crippen molar-refractivity contribution >= 4 is 17.4 Å². The Morgan fingerprint density at radius 1 is 1.52 bits per heavy atom. The molecule has 2 N–H and O–H groups in total. The molecule has 1 aliphatic rings. The zero-order valence-corrected chi connectivity index (χ0v) is 14.0. The first-order valence-corrected chi connectivity index (χ1v) is 8.35. The van der Waals surface area contributed by atoms with Crippen LogP contribution in [0, 0.1) is 5.92 Å². The van der Waals surface area contributed by atoms with Crippen molar-refractivity contribution in [2.24, 2.45) is 11.7 Å². The summed E-state index contributed by atoms with van der Waals surface area (Å²) in [6.45, 7) is 6.92. The van der Waals surface area contributed by atoms with E-state index in [9.17, 15) is 4.79 Å². The van der Waals surface area contributed by atoms with E-state index in [1.807, 2.05) is 18.5 Å². The summed E-state index contributed by atoms with van der Waals surface area (Å²) in [7, 11) is 0. The van der Waals surface area contributed by atoms with Crippen molar-refractivity contribution in [1.29, 1.82) is 0 Å². The largest absolute Gasteiger partial charge is 0.319 e. The lowest BCUT2D eigenvalue weighted by Gasteiger charge is -2.35. The molecule has 0 amide bonds. The van der Waals surface area contributed by atoms with Crippen molar-refractivity contribution in [3.05, 3.63) is 16.4 Å². The van der Waals surface area contributed by atoms with Gasteiger partial charge in [0.15, 0.2) is 5.78 Å². The van der Waals surface area contributed by atoms with Gasteiger partial charge in [0.25, 0.3) is 0 Å². The van der Waals surface area contributed by atoms with E-state index in [-0.39, 0.29) is 5.78 Å². The summed E-state index contributed by atoms with van der Waals surface area (Å²) < 4.78 is 1.84. The number of halogens is 1. The summed E-state index contributed by atoms with van der Waals surface area (Å²) in [6, 6.07) is 0. The van der Waals surface area contributed by atoms with Crippen LogP contribution in [-0.4, -0.2) is 21.1 Å². The summed E-state index contributed by atoms with van der Waals surface area (Å²) in [6.07, 6.45) is 4.84. The minimum Gasteiger partial charge on any atom is -0.319 e. The van der Waals surface area contributed by atoms with Gasteiger partial charge < -0.3 is 5.73 Å². The maximum absolute atomic E-state index is 12.7. The molecule has 0 radical (unpaired) electrons. The Labute approximate surface area is 132 Å². The van der Waals surface area contributed by atoms with Gasteiger partial charge in [-0.2, -0.15) is 5.10 Å². The highest BCUT2D eigenvalue weighted by Gasteiger charge is 2.38. The molecule has 4 nitrogen and oxygen atoms in total. The molecule has 1 heterocycles. The zero-order chi connectivity index (χ0) is 15.6. The highest BCUT2D eigenvalue weighted by Crippen LogP contribution is 2.33. The average Bonchev–Trinajstić information content (AvgIpc) is 2.75. The van der Waals surface area contributed by atoms with Gasteiger partial charge in [-0.3, -0.25) is 9.48 Å². The third-order valence-corrected chi connectivity index (χ3v) is 5.05. The van der Waals surface area contributed by atoms with Gasteiger partial charge in [0, 0.05) is 6.54 Å². The highest BCUT2D eigenvalue weighted by atomic mass is 35.5. The van der Waals surface area contributed by atoms with Crippen LogP contribution in [0.5, 0.6) is 0 Å². The second-order valence-electron chi connectivity index (χ2n) is 6.33. The number of carbonyl (C=O) groups excluding carboxylic acids is 1. The smallest absolute Gasteiger partial charge is 0.158 e. The molecule has 1 aromatic rings. The van der Waals surface area contributed by atoms with E-state index in [1.165, 1.54) is 6.42 Å². The first-order chi connectivity index (χ1) is 9.91. The van der Waals surface area contributed by atoms with E-state index in [2.05, 4.69) is 12.0 Å². The van der Waals surface area contributed by atoms with Crippen molar-refractivity contribution in [2.45, 2.75) is 71.4 Å². The van der Waals surface area contributed by atoms with E-state index in [0.717, 1.165) is 43.6 Å². The Bertz CT molecular complexity index is 526. The number of hydrogen-bond donors (Lipinski definition) is 1. The molecule has 1 saturated carbocycles. The van der Waals surface area contributed by atoms with E-state index in [0.29, 0.717) is 17.4 Å². The van der Waals surface area contributed by atoms with Crippen molar-refractivity contribution < 1.29 is 4.79 Å². The second-order valence-corrected chi connectivity index (χ2v) is 6.71. The molecule has 21 heavy (non-hydrogen) atoms. The molecule has 1 aromatic heterocycles. The number of aromatic nitrogens is 2. The lowest BCUT2D eigenvalue weighted by Crippen LogP contribution is -2.51. The Hall–Kier alpha value is -0.870. The molecule has 0 aromatic carbocycles. The van der Waals surface area contributed by atoms with Crippen LogP contribution in [-0.2, 0) is 24.2 Å². The van der Waals surface area contributed by atoms with Crippen LogP contribution in [0.3, 0.4) is 0 Å². The predicted molar refractivity (Wildman–Crippen MR) is 85.6 cm³/mol. The quantitative estimate of drug-likeness (QED) is 0.908. The number of Topliss-reactive ketones (excluding diaryl/α,β-unsaturated/α-hetero) is 1. The molecule has 2 unspecified atom stereocenters. The summed E-state index contributed by atoms with van der Waals surface area (Å²) in [5, 5.41) is 5.11. The Balaban J connectivity index is 2.21. The number of nitrogens with two attached hydrogens (primary N) is 1. The maximum atomic E-state index is 12.7. The fraction of sp³-hybridized carbons (Fsp3) is 0.750. The lowest BCUT2D eigenvalue weighted by atomic mass is 9.74. The van der Waals surface area contributed by atoms with E-state index in [4.69, 9.17) is 17.3 Å². The van der Waals surface area contributed by atoms with E-state index in [1.54, 1.807) is 0 Å². The molecule has 0 saturated heterocycles. The Morgan fingerprint density at radius 3 is 2.81 bits per heavy atom. The molecule has 1 fully saturated rings. The topological polar surface area (TPSA) is 60.9 Å². The van der Waals surface area contributed by atoms with Gasteiger partial charge in [-0.25, -0.2) is 0 Å². The third-order valence-electron chi connectivity index (χ3n) is 4.61. The molecular weight excluding hydrogens is 286 g/mol. The van der Waals surface area contributed by atoms with E-state index >= 15 is 0 Å². The number of ketones is 1. The minimum absolute atomic E-state index is 0.105. The van der Waals surface area contributed by atoms with Crippen molar-refractivity contribution in [3.8, 4) is 0 Å². The van der Waals surface area contributed by atoms with Gasteiger partial charge in [-0.05, 0) is 32.1 Å². The molecule has 0 spiro atoms.